The van der Waals surface area contributed by atoms with Crippen LogP contribution in [0.5, 0.6) is 0 Å². The lowest BCUT2D eigenvalue weighted by atomic mass is 10.0. The van der Waals surface area contributed by atoms with Gasteiger partial charge in [-0.1, -0.05) is 68.3 Å². The zero-order valence-corrected chi connectivity index (χ0v) is 34.7. The maximum Gasteiger partial charge on any atom is 0.243 e. The predicted octanol–water partition coefficient (Wildman–Crippen LogP) is -1.35. The molecule has 0 bridgehead atoms. The van der Waals surface area contributed by atoms with Crippen molar-refractivity contribution in [3.05, 3.63) is 71.9 Å². The van der Waals surface area contributed by atoms with E-state index in [9.17, 15) is 38.4 Å². The molecule has 0 unspecified atom stereocenters. The molecule has 0 saturated carbocycles. The van der Waals surface area contributed by atoms with Gasteiger partial charge in [-0.3, -0.25) is 43.3 Å². The number of nitrogens with one attached hydrogen (secondary N) is 7. The quantitative estimate of drug-likeness (QED) is 0.0485. The lowest BCUT2D eigenvalue weighted by Gasteiger charge is -2.28. The maximum atomic E-state index is 14.3. The average molecular weight is 859 g/mol. The number of primary amides is 2. The van der Waals surface area contributed by atoms with Gasteiger partial charge in [0.25, 0.3) is 0 Å². The first kappa shape index (κ1) is 47.7. The Labute approximate surface area is 358 Å². The Morgan fingerprint density at radius 2 is 1.19 bits per heavy atom. The average Bonchev–Trinajstić information content (AvgIpc) is 3.64. The van der Waals surface area contributed by atoms with E-state index in [2.05, 4.69) is 41.9 Å². The predicted molar refractivity (Wildman–Crippen MR) is 230 cm³/mol. The molecule has 0 spiro atoms. The molecule has 20 nitrogen and oxygen atoms in total. The van der Waals surface area contributed by atoms with Gasteiger partial charge >= 0.3 is 0 Å². The summed E-state index contributed by atoms with van der Waals surface area (Å²) in [5.41, 5.74) is 24.2. The zero-order valence-electron chi connectivity index (χ0n) is 34.7. The lowest BCUT2D eigenvalue weighted by molar-refractivity contribution is -0.136. The number of carbonyl (C=O) groups excluding carboxylic acids is 8. The minimum Gasteiger partial charge on any atom is -0.370 e. The van der Waals surface area contributed by atoms with Crippen molar-refractivity contribution in [3.8, 4) is 0 Å². The maximum absolute atomic E-state index is 14.3. The number of nitrogens with two attached hydrogens (primary N) is 4. The Morgan fingerprint density at radius 3 is 1.82 bits per heavy atom. The molecular formula is C42H58N12O8. The standard InChI is InChI=1S/C42H58N12O8/c1-2-3-13-29-37(58)52-31(16-18-34(43)55)39(60)53-32(21-24-10-5-4-6-11-24)40(61)51-30(15-9-20-47-42(45)46)38(59)54-33(22-25-23-48-27-14-8-7-12-26(25)27)41(62)50-28(36(44)57)17-19-35(56)49-29/h4-8,10-12,14,23,28-33,48H,2-3,9,13,15-22H2,1H3,(H2,43,55)(H2,44,57)(H,49,56)(H,50,62)(H,51,61)(H,52,58)(H,53,60)(H,54,59)(H4,45,46,47)/t28-,29-,30-,31-,32+,33-/m0/s1. The van der Waals surface area contributed by atoms with Crippen LogP contribution >= 0.6 is 0 Å². The van der Waals surface area contributed by atoms with E-state index in [1.807, 2.05) is 31.2 Å². The van der Waals surface area contributed by atoms with Crippen LogP contribution < -0.4 is 54.8 Å². The number of aliphatic imine (C=N–C) groups is 1. The fourth-order valence-electron chi connectivity index (χ4n) is 6.98. The molecule has 4 rings (SSSR count). The van der Waals surface area contributed by atoms with Gasteiger partial charge in [0.05, 0.1) is 0 Å². The van der Waals surface area contributed by atoms with Crippen molar-refractivity contribution in [3.63, 3.8) is 0 Å². The number of fused-ring (bicyclic) bond motifs is 1. The van der Waals surface area contributed by atoms with E-state index in [-0.39, 0.29) is 70.3 Å². The number of rotatable bonds is 15. The molecule has 334 valence electrons. The number of para-hydroxylation sites is 1. The normalized spacial score (nSPS) is 22.2. The third kappa shape index (κ3) is 14.9. The molecule has 62 heavy (non-hydrogen) atoms. The van der Waals surface area contributed by atoms with Gasteiger partial charge in [-0.15, -0.1) is 0 Å². The summed E-state index contributed by atoms with van der Waals surface area (Å²) in [7, 11) is 0. The van der Waals surface area contributed by atoms with Crippen molar-refractivity contribution in [2.24, 2.45) is 27.9 Å². The van der Waals surface area contributed by atoms with Crippen LogP contribution in [0.15, 0.2) is 65.8 Å². The second-order valence-electron chi connectivity index (χ2n) is 15.2. The van der Waals surface area contributed by atoms with Gasteiger partial charge in [0.2, 0.25) is 47.3 Å². The van der Waals surface area contributed by atoms with Gasteiger partial charge in [0.1, 0.15) is 36.3 Å². The summed E-state index contributed by atoms with van der Waals surface area (Å²) < 4.78 is 0. The van der Waals surface area contributed by atoms with Crippen molar-refractivity contribution in [2.75, 3.05) is 6.54 Å². The van der Waals surface area contributed by atoms with Crippen molar-refractivity contribution in [1.82, 2.24) is 36.9 Å². The fraction of sp³-hybridized carbons (Fsp3) is 0.452. The van der Waals surface area contributed by atoms with Crippen LogP contribution in [0.25, 0.3) is 10.9 Å². The Morgan fingerprint density at radius 1 is 0.645 bits per heavy atom. The van der Waals surface area contributed by atoms with Crippen LogP contribution in [0.1, 0.15) is 75.8 Å². The minimum atomic E-state index is -1.38. The summed E-state index contributed by atoms with van der Waals surface area (Å²) in [5, 5.41) is 16.8. The van der Waals surface area contributed by atoms with E-state index in [0.717, 1.165) is 10.9 Å². The highest BCUT2D eigenvalue weighted by atomic mass is 16.2. The molecule has 0 radical (unpaired) electrons. The Bertz CT molecular complexity index is 2090. The molecule has 1 saturated heterocycles. The third-order valence-electron chi connectivity index (χ3n) is 10.4. The van der Waals surface area contributed by atoms with Gasteiger partial charge in [0.15, 0.2) is 5.96 Å². The molecule has 2 aromatic carbocycles. The number of hydrogen-bond acceptors (Lipinski definition) is 9. The number of nitrogens with zero attached hydrogens (tertiary/aromatic N) is 1. The van der Waals surface area contributed by atoms with Gasteiger partial charge in [0, 0.05) is 49.3 Å². The summed E-state index contributed by atoms with van der Waals surface area (Å²) in [4.78, 5) is 116. The second-order valence-corrected chi connectivity index (χ2v) is 15.2. The van der Waals surface area contributed by atoms with Crippen molar-refractivity contribution < 1.29 is 38.4 Å². The number of H-pyrrole nitrogens is 1. The molecule has 6 atom stereocenters. The summed E-state index contributed by atoms with van der Waals surface area (Å²) in [6.45, 7) is 1.97. The van der Waals surface area contributed by atoms with Crippen LogP contribution in [0, 0.1) is 0 Å². The first-order valence-corrected chi connectivity index (χ1v) is 20.7. The van der Waals surface area contributed by atoms with Crippen LogP contribution in [0.2, 0.25) is 0 Å². The van der Waals surface area contributed by atoms with Gasteiger partial charge in [-0.25, -0.2) is 0 Å². The second kappa shape index (κ2) is 23.7. The summed E-state index contributed by atoms with van der Waals surface area (Å²) >= 11 is 0. The number of guanidine groups is 1. The molecule has 1 fully saturated rings. The van der Waals surface area contributed by atoms with Crippen molar-refractivity contribution >= 4 is 64.1 Å². The van der Waals surface area contributed by atoms with E-state index in [1.54, 1.807) is 36.5 Å². The van der Waals surface area contributed by atoms with Crippen molar-refractivity contribution in [2.45, 2.75) is 114 Å². The number of amides is 8. The number of aromatic amines is 1. The molecule has 15 N–H and O–H groups in total. The largest absolute Gasteiger partial charge is 0.370 e. The van der Waals surface area contributed by atoms with Crippen LogP contribution in [0.4, 0.5) is 0 Å². The first-order valence-electron chi connectivity index (χ1n) is 20.7. The number of carbonyl (C=O) groups is 8. The topological polar surface area (TPSA) is 341 Å². The minimum absolute atomic E-state index is 0.0305. The monoisotopic (exact) mass is 858 g/mol. The van der Waals surface area contributed by atoms with E-state index in [4.69, 9.17) is 22.9 Å². The van der Waals surface area contributed by atoms with Gasteiger partial charge in [-0.05, 0) is 49.3 Å². The molecular weight excluding hydrogens is 801 g/mol. The first-order chi connectivity index (χ1) is 29.6. The zero-order chi connectivity index (χ0) is 45.2. The molecule has 1 aliphatic heterocycles. The van der Waals surface area contributed by atoms with E-state index in [1.165, 1.54) is 0 Å². The molecule has 1 aromatic heterocycles. The summed E-state index contributed by atoms with van der Waals surface area (Å²) in [6, 6.07) is 8.11. The van der Waals surface area contributed by atoms with E-state index in [0.29, 0.717) is 24.0 Å². The number of hydrogen-bond donors (Lipinski definition) is 11. The number of aromatic nitrogens is 1. The molecule has 0 aliphatic carbocycles. The highest BCUT2D eigenvalue weighted by Crippen LogP contribution is 2.20. The highest BCUT2D eigenvalue weighted by molar-refractivity contribution is 5.98. The number of unbranched alkanes of at least 4 members (excludes halogenated alkanes) is 1. The van der Waals surface area contributed by atoms with Crippen LogP contribution in [-0.4, -0.2) is 101 Å². The molecule has 2 heterocycles. The molecule has 20 heteroatoms. The molecule has 3 aromatic rings. The smallest absolute Gasteiger partial charge is 0.243 e. The molecule has 1 aliphatic rings. The fourth-order valence-corrected chi connectivity index (χ4v) is 6.98. The van der Waals surface area contributed by atoms with Crippen LogP contribution in [-0.2, 0) is 51.2 Å². The lowest BCUT2D eigenvalue weighted by Crippen LogP contribution is -2.60. The number of benzene rings is 2. The van der Waals surface area contributed by atoms with E-state index < -0.39 is 83.5 Å². The molecule has 8 amide bonds. The van der Waals surface area contributed by atoms with Crippen LogP contribution in [0.3, 0.4) is 0 Å². The third-order valence-corrected chi connectivity index (χ3v) is 10.4. The summed E-state index contributed by atoms with van der Waals surface area (Å²) in [5.74, 6) is -6.51. The Hall–Kier alpha value is -6.99. The summed E-state index contributed by atoms with van der Waals surface area (Å²) in [6.07, 6.45) is 1.88. The van der Waals surface area contributed by atoms with Gasteiger partial charge < -0.3 is 59.8 Å². The van der Waals surface area contributed by atoms with Gasteiger partial charge in [-0.2, -0.15) is 0 Å². The van der Waals surface area contributed by atoms with Crippen molar-refractivity contribution in [1.29, 1.82) is 0 Å². The Balaban J connectivity index is 1.79. The highest BCUT2D eigenvalue weighted by Gasteiger charge is 2.34. The SMILES string of the molecule is CCCC[C@@H]1NC(=O)CC[C@@H](C(N)=O)NC(=O)[C@H](Cc2c[nH]c3ccccc23)NC(=O)[C@H](CCCN=C(N)N)NC(=O)[C@@H](Cc2ccccc2)NC(=O)[C@H](CCC(N)=O)NC1=O. The van der Waals surface area contributed by atoms with E-state index >= 15 is 0 Å². The Kier molecular flexibility index (Phi) is 18.2.